The third-order valence-corrected chi connectivity index (χ3v) is 4.02. The number of rotatable bonds is 4. The SMILES string of the molecule is O=C(O)/C=C/c1ccc(Oc2ccccc2I)cc1Br. The number of hydrogen-bond donors (Lipinski definition) is 1. The summed E-state index contributed by atoms with van der Waals surface area (Å²) in [5, 5.41) is 8.62. The van der Waals surface area contributed by atoms with Crippen LogP contribution in [0.1, 0.15) is 5.56 Å². The van der Waals surface area contributed by atoms with Gasteiger partial charge in [-0.2, -0.15) is 0 Å². The molecule has 0 unspecified atom stereocenters. The van der Waals surface area contributed by atoms with Gasteiger partial charge in [-0.3, -0.25) is 0 Å². The largest absolute Gasteiger partial charge is 0.478 e. The quantitative estimate of drug-likeness (QED) is 0.536. The molecule has 0 bridgehead atoms. The third kappa shape index (κ3) is 4.08. The zero-order valence-corrected chi connectivity index (χ0v) is 14.0. The van der Waals surface area contributed by atoms with E-state index in [-0.39, 0.29) is 0 Å². The first-order valence-electron chi connectivity index (χ1n) is 5.69. The fraction of sp³-hybridized carbons (Fsp3) is 0. The van der Waals surface area contributed by atoms with Gasteiger partial charge in [0.2, 0.25) is 0 Å². The lowest BCUT2D eigenvalue weighted by molar-refractivity contribution is -0.131. The number of ether oxygens (including phenoxy) is 1. The number of carboxylic acid groups (broad SMARTS) is 1. The molecule has 0 saturated carbocycles. The summed E-state index contributed by atoms with van der Waals surface area (Å²) >= 11 is 5.61. The second-order valence-corrected chi connectivity index (χ2v) is 5.90. The molecule has 0 aromatic heterocycles. The topological polar surface area (TPSA) is 46.5 Å². The van der Waals surface area contributed by atoms with Crippen LogP contribution in [0.4, 0.5) is 0 Å². The Morgan fingerprint density at radius 1 is 1.25 bits per heavy atom. The maximum atomic E-state index is 10.5. The van der Waals surface area contributed by atoms with Gasteiger partial charge in [0.05, 0.1) is 3.57 Å². The third-order valence-electron chi connectivity index (χ3n) is 2.44. The predicted octanol–water partition coefficient (Wildman–Crippen LogP) is 4.94. The summed E-state index contributed by atoms with van der Waals surface area (Å²) in [5.41, 5.74) is 0.780. The van der Waals surface area contributed by atoms with Crippen LogP contribution in [-0.4, -0.2) is 11.1 Å². The maximum absolute atomic E-state index is 10.5. The number of carbonyl (C=O) groups is 1. The van der Waals surface area contributed by atoms with Crippen LogP contribution in [0.15, 0.2) is 53.0 Å². The van der Waals surface area contributed by atoms with Crippen LogP contribution in [0.3, 0.4) is 0 Å². The van der Waals surface area contributed by atoms with Crippen molar-refractivity contribution < 1.29 is 14.6 Å². The molecule has 20 heavy (non-hydrogen) atoms. The Balaban J connectivity index is 2.21. The lowest BCUT2D eigenvalue weighted by Gasteiger charge is -2.08. The average molecular weight is 445 g/mol. The minimum atomic E-state index is -0.976. The van der Waals surface area contributed by atoms with Gasteiger partial charge >= 0.3 is 5.97 Å². The zero-order valence-electron chi connectivity index (χ0n) is 10.2. The van der Waals surface area contributed by atoms with E-state index >= 15 is 0 Å². The summed E-state index contributed by atoms with van der Waals surface area (Å²) in [4.78, 5) is 10.5. The highest BCUT2D eigenvalue weighted by atomic mass is 127. The van der Waals surface area contributed by atoms with Gasteiger partial charge in [-0.1, -0.05) is 34.1 Å². The Hall–Kier alpha value is -1.34. The fourth-order valence-electron chi connectivity index (χ4n) is 1.52. The second-order valence-electron chi connectivity index (χ2n) is 3.89. The molecule has 2 aromatic rings. The van der Waals surface area contributed by atoms with Gasteiger partial charge in [0, 0.05) is 10.5 Å². The molecule has 0 heterocycles. The van der Waals surface area contributed by atoms with Crippen LogP contribution in [0.2, 0.25) is 0 Å². The number of benzene rings is 2. The molecule has 1 N–H and O–H groups in total. The van der Waals surface area contributed by atoms with E-state index in [1.54, 1.807) is 12.1 Å². The molecule has 2 aromatic carbocycles. The van der Waals surface area contributed by atoms with Crippen molar-refractivity contribution in [1.82, 2.24) is 0 Å². The number of para-hydroxylation sites is 1. The standard InChI is InChI=1S/C15H10BrIO3/c16-12-9-11(7-5-10(12)6-8-15(18)19)20-14-4-2-1-3-13(14)17/h1-9H,(H,18,19)/b8-6+. The molecule has 0 amide bonds. The number of carboxylic acids is 1. The number of halogens is 2. The molecule has 0 aliphatic rings. The minimum Gasteiger partial charge on any atom is -0.478 e. The second kappa shape index (κ2) is 6.90. The Labute approximate surface area is 138 Å². The van der Waals surface area contributed by atoms with E-state index in [2.05, 4.69) is 38.5 Å². The van der Waals surface area contributed by atoms with Crippen LogP contribution in [-0.2, 0) is 4.79 Å². The van der Waals surface area contributed by atoms with Crippen molar-refractivity contribution in [3.63, 3.8) is 0 Å². The van der Waals surface area contributed by atoms with Crippen LogP contribution >= 0.6 is 38.5 Å². The van der Waals surface area contributed by atoms with E-state index in [0.717, 1.165) is 25.4 Å². The van der Waals surface area contributed by atoms with Crippen molar-refractivity contribution >= 4 is 50.6 Å². The molecule has 2 rings (SSSR count). The van der Waals surface area contributed by atoms with Gasteiger partial charge < -0.3 is 9.84 Å². The van der Waals surface area contributed by atoms with Crippen LogP contribution in [0, 0.1) is 3.57 Å². The summed E-state index contributed by atoms with van der Waals surface area (Å²) in [7, 11) is 0. The van der Waals surface area contributed by atoms with E-state index in [0.29, 0.717) is 5.75 Å². The minimum absolute atomic E-state index is 0.688. The first-order chi connectivity index (χ1) is 9.56. The monoisotopic (exact) mass is 444 g/mol. The molecule has 0 saturated heterocycles. The Morgan fingerprint density at radius 3 is 2.65 bits per heavy atom. The lowest BCUT2D eigenvalue weighted by atomic mass is 10.2. The molecule has 0 fully saturated rings. The average Bonchev–Trinajstić information content (AvgIpc) is 2.40. The summed E-state index contributed by atoms with van der Waals surface area (Å²) in [5.74, 6) is 0.498. The van der Waals surface area contributed by atoms with Crippen molar-refractivity contribution in [3.05, 3.63) is 62.1 Å². The molecule has 102 valence electrons. The van der Waals surface area contributed by atoms with Crippen molar-refractivity contribution in [2.45, 2.75) is 0 Å². The van der Waals surface area contributed by atoms with Crippen molar-refractivity contribution in [3.8, 4) is 11.5 Å². The first-order valence-corrected chi connectivity index (χ1v) is 7.56. The molecular weight excluding hydrogens is 435 g/mol. The van der Waals surface area contributed by atoms with E-state index in [9.17, 15) is 4.79 Å². The maximum Gasteiger partial charge on any atom is 0.328 e. The molecule has 0 aliphatic heterocycles. The normalized spacial score (nSPS) is 10.7. The molecule has 3 nitrogen and oxygen atoms in total. The fourth-order valence-corrected chi connectivity index (χ4v) is 2.51. The van der Waals surface area contributed by atoms with Crippen molar-refractivity contribution in [2.75, 3.05) is 0 Å². The Kier molecular flexibility index (Phi) is 5.19. The van der Waals surface area contributed by atoms with E-state index in [1.165, 1.54) is 6.08 Å². The van der Waals surface area contributed by atoms with Gasteiger partial charge in [-0.15, -0.1) is 0 Å². The van der Waals surface area contributed by atoms with Gasteiger partial charge in [-0.25, -0.2) is 4.79 Å². The van der Waals surface area contributed by atoms with Gasteiger partial charge in [0.1, 0.15) is 11.5 Å². The summed E-state index contributed by atoms with van der Waals surface area (Å²) in [6.07, 6.45) is 2.63. The summed E-state index contributed by atoms with van der Waals surface area (Å²) in [6.45, 7) is 0. The lowest BCUT2D eigenvalue weighted by Crippen LogP contribution is -1.89. The smallest absolute Gasteiger partial charge is 0.328 e. The Bertz CT molecular complexity index is 668. The van der Waals surface area contributed by atoms with Crippen LogP contribution in [0.25, 0.3) is 6.08 Å². The Morgan fingerprint density at radius 2 is 2.00 bits per heavy atom. The van der Waals surface area contributed by atoms with Gasteiger partial charge in [-0.05, 0) is 58.5 Å². The molecular formula is C15H10BrIO3. The zero-order chi connectivity index (χ0) is 14.5. The summed E-state index contributed by atoms with van der Waals surface area (Å²) in [6, 6.07) is 13.1. The predicted molar refractivity (Wildman–Crippen MR) is 90.0 cm³/mol. The molecule has 0 aliphatic carbocycles. The van der Waals surface area contributed by atoms with Crippen molar-refractivity contribution in [2.24, 2.45) is 0 Å². The highest BCUT2D eigenvalue weighted by molar-refractivity contribution is 14.1. The van der Waals surface area contributed by atoms with E-state index < -0.39 is 5.97 Å². The molecule has 0 spiro atoms. The molecule has 0 atom stereocenters. The van der Waals surface area contributed by atoms with Gasteiger partial charge in [0.25, 0.3) is 0 Å². The van der Waals surface area contributed by atoms with E-state index in [4.69, 9.17) is 9.84 Å². The molecule has 5 heteroatoms. The number of aliphatic carboxylic acids is 1. The highest BCUT2D eigenvalue weighted by Gasteiger charge is 2.04. The first kappa shape index (κ1) is 15.1. The van der Waals surface area contributed by atoms with Crippen LogP contribution < -0.4 is 4.74 Å². The highest BCUT2D eigenvalue weighted by Crippen LogP contribution is 2.30. The van der Waals surface area contributed by atoms with Gasteiger partial charge in [0.15, 0.2) is 0 Å². The van der Waals surface area contributed by atoms with E-state index in [1.807, 2.05) is 30.3 Å². The number of hydrogen-bond acceptors (Lipinski definition) is 2. The van der Waals surface area contributed by atoms with Crippen molar-refractivity contribution in [1.29, 1.82) is 0 Å². The summed E-state index contributed by atoms with van der Waals surface area (Å²) < 4.78 is 7.59. The molecule has 0 radical (unpaired) electrons. The van der Waals surface area contributed by atoms with Crippen LogP contribution in [0.5, 0.6) is 11.5 Å².